The molecule has 2 heteroatoms. The maximum atomic E-state index is 10.1. The summed E-state index contributed by atoms with van der Waals surface area (Å²) in [6.07, 6.45) is 0. The number of nitrogens with zero attached hydrogens (tertiary/aromatic N) is 2. The maximum absolute atomic E-state index is 10.1. The van der Waals surface area contributed by atoms with E-state index in [0.717, 1.165) is 44.5 Å². The molecule has 2 nitrogen and oxygen atoms in total. The minimum Gasteiger partial charge on any atom is -0.197 e. The van der Waals surface area contributed by atoms with Crippen molar-refractivity contribution < 1.29 is 0 Å². The van der Waals surface area contributed by atoms with E-state index in [2.05, 4.69) is 60.7 Å². The SMILES string of the molecule is N#CC(C#N)C1C(c2ccccc2)=C(c2ccccc2)C(c2ccccc2)=C1c1ccccc1. The van der Waals surface area contributed by atoms with Crippen molar-refractivity contribution in [3.8, 4) is 12.1 Å². The van der Waals surface area contributed by atoms with Gasteiger partial charge in [0, 0.05) is 5.92 Å². The molecular formula is C32H22N2. The summed E-state index contributed by atoms with van der Waals surface area (Å²) in [5.41, 5.74) is 8.42. The Labute approximate surface area is 200 Å². The van der Waals surface area contributed by atoms with Crippen LogP contribution in [0.15, 0.2) is 121 Å². The van der Waals surface area contributed by atoms with Crippen LogP contribution in [0.5, 0.6) is 0 Å². The summed E-state index contributed by atoms with van der Waals surface area (Å²) in [6.45, 7) is 0. The Balaban J connectivity index is 1.95. The van der Waals surface area contributed by atoms with E-state index < -0.39 is 5.92 Å². The molecule has 0 aromatic heterocycles. The van der Waals surface area contributed by atoms with Gasteiger partial charge < -0.3 is 0 Å². The summed E-state index contributed by atoms with van der Waals surface area (Å²) in [4.78, 5) is 0. The summed E-state index contributed by atoms with van der Waals surface area (Å²) in [5.74, 6) is -1.21. The Morgan fingerprint density at radius 3 is 1.03 bits per heavy atom. The molecule has 0 saturated carbocycles. The first-order chi connectivity index (χ1) is 16.8. The molecule has 0 spiro atoms. The standard InChI is InChI=1S/C32H22N2/c33-21-27(22-34)32-30(25-17-9-3-10-18-25)28(23-13-5-1-6-14-23)29(24-15-7-2-8-16-24)31(32)26-19-11-4-12-20-26/h1-20,27,32H. The van der Waals surface area contributed by atoms with E-state index in [0.29, 0.717) is 0 Å². The molecule has 4 aromatic carbocycles. The lowest BCUT2D eigenvalue weighted by Crippen LogP contribution is -2.14. The molecule has 0 aliphatic heterocycles. The molecule has 0 heterocycles. The van der Waals surface area contributed by atoms with Gasteiger partial charge in [0.2, 0.25) is 0 Å². The van der Waals surface area contributed by atoms with Gasteiger partial charge in [-0.25, -0.2) is 0 Å². The van der Waals surface area contributed by atoms with Crippen LogP contribution in [0.1, 0.15) is 22.3 Å². The van der Waals surface area contributed by atoms with Crippen molar-refractivity contribution in [2.45, 2.75) is 0 Å². The zero-order chi connectivity index (χ0) is 23.3. The van der Waals surface area contributed by atoms with Crippen LogP contribution in [0.2, 0.25) is 0 Å². The molecule has 1 aliphatic carbocycles. The van der Waals surface area contributed by atoms with Crippen LogP contribution in [0.3, 0.4) is 0 Å². The number of hydrogen-bond donors (Lipinski definition) is 0. The molecule has 4 aromatic rings. The van der Waals surface area contributed by atoms with Crippen LogP contribution < -0.4 is 0 Å². The summed E-state index contributed by atoms with van der Waals surface area (Å²) in [5, 5.41) is 20.2. The van der Waals surface area contributed by atoms with Crippen molar-refractivity contribution in [2.75, 3.05) is 0 Å². The molecule has 0 unspecified atom stereocenters. The zero-order valence-electron chi connectivity index (χ0n) is 18.6. The number of hydrogen-bond acceptors (Lipinski definition) is 2. The van der Waals surface area contributed by atoms with Crippen molar-refractivity contribution in [1.29, 1.82) is 10.5 Å². The van der Waals surface area contributed by atoms with E-state index in [4.69, 9.17) is 0 Å². The highest BCUT2D eigenvalue weighted by Gasteiger charge is 2.41. The van der Waals surface area contributed by atoms with Gasteiger partial charge >= 0.3 is 0 Å². The minimum absolute atomic E-state index is 0.384. The number of rotatable bonds is 5. The minimum atomic E-state index is -0.828. The third-order valence-electron chi connectivity index (χ3n) is 6.32. The van der Waals surface area contributed by atoms with E-state index in [9.17, 15) is 10.5 Å². The molecule has 160 valence electrons. The molecule has 0 N–H and O–H groups in total. The molecule has 0 saturated heterocycles. The van der Waals surface area contributed by atoms with Gasteiger partial charge in [-0.3, -0.25) is 0 Å². The Bertz CT molecular complexity index is 1320. The van der Waals surface area contributed by atoms with Gasteiger partial charge in [0.25, 0.3) is 0 Å². The molecule has 0 amide bonds. The van der Waals surface area contributed by atoms with Crippen LogP contribution in [0, 0.1) is 34.5 Å². The maximum Gasteiger partial charge on any atom is 0.144 e. The van der Waals surface area contributed by atoms with Crippen molar-refractivity contribution in [2.24, 2.45) is 11.8 Å². The predicted octanol–water partition coefficient (Wildman–Crippen LogP) is 7.50. The Morgan fingerprint density at radius 1 is 0.441 bits per heavy atom. The highest BCUT2D eigenvalue weighted by atomic mass is 14.4. The van der Waals surface area contributed by atoms with Crippen molar-refractivity contribution in [1.82, 2.24) is 0 Å². The van der Waals surface area contributed by atoms with Gasteiger partial charge in [-0.2, -0.15) is 10.5 Å². The molecule has 0 radical (unpaired) electrons. The second kappa shape index (κ2) is 9.45. The van der Waals surface area contributed by atoms with E-state index in [1.807, 2.05) is 72.8 Å². The smallest absolute Gasteiger partial charge is 0.144 e. The van der Waals surface area contributed by atoms with Gasteiger partial charge in [0.15, 0.2) is 0 Å². The fourth-order valence-electron chi connectivity index (χ4n) is 4.93. The molecule has 5 rings (SSSR count). The lowest BCUT2D eigenvalue weighted by molar-refractivity contribution is 0.743. The first-order valence-corrected chi connectivity index (χ1v) is 11.3. The van der Waals surface area contributed by atoms with E-state index in [-0.39, 0.29) is 5.92 Å². The highest BCUT2D eigenvalue weighted by molar-refractivity contribution is 6.28. The fourth-order valence-corrected chi connectivity index (χ4v) is 4.93. The largest absolute Gasteiger partial charge is 0.197 e. The number of allylic oxidation sites excluding steroid dienone is 4. The van der Waals surface area contributed by atoms with Crippen LogP contribution in [0.4, 0.5) is 0 Å². The van der Waals surface area contributed by atoms with Crippen molar-refractivity contribution in [3.05, 3.63) is 144 Å². The van der Waals surface area contributed by atoms with Crippen LogP contribution in [0.25, 0.3) is 22.3 Å². The second-order valence-electron chi connectivity index (χ2n) is 8.25. The van der Waals surface area contributed by atoms with Gasteiger partial charge in [-0.15, -0.1) is 0 Å². The van der Waals surface area contributed by atoms with Crippen LogP contribution >= 0.6 is 0 Å². The van der Waals surface area contributed by atoms with E-state index in [1.165, 1.54) is 0 Å². The first-order valence-electron chi connectivity index (χ1n) is 11.3. The molecular weight excluding hydrogens is 412 g/mol. The monoisotopic (exact) mass is 434 g/mol. The summed E-state index contributed by atoms with van der Waals surface area (Å²) >= 11 is 0. The first kappa shape index (κ1) is 21.2. The summed E-state index contributed by atoms with van der Waals surface area (Å²) in [6, 6.07) is 45.6. The van der Waals surface area contributed by atoms with Gasteiger partial charge in [-0.1, -0.05) is 121 Å². The van der Waals surface area contributed by atoms with Gasteiger partial charge in [0.1, 0.15) is 5.92 Å². The lowest BCUT2D eigenvalue weighted by Gasteiger charge is -2.21. The van der Waals surface area contributed by atoms with E-state index >= 15 is 0 Å². The topological polar surface area (TPSA) is 47.6 Å². The Kier molecular flexibility index (Phi) is 5.89. The number of benzene rings is 4. The predicted molar refractivity (Wildman–Crippen MR) is 138 cm³/mol. The van der Waals surface area contributed by atoms with Crippen molar-refractivity contribution in [3.63, 3.8) is 0 Å². The third-order valence-corrected chi connectivity index (χ3v) is 6.32. The van der Waals surface area contributed by atoms with Gasteiger partial charge in [0.05, 0.1) is 12.1 Å². The Morgan fingerprint density at radius 2 is 0.735 bits per heavy atom. The van der Waals surface area contributed by atoms with Crippen LogP contribution in [-0.4, -0.2) is 0 Å². The molecule has 0 bridgehead atoms. The molecule has 0 fully saturated rings. The average Bonchev–Trinajstić information content (AvgIpc) is 3.27. The third kappa shape index (κ3) is 3.73. The lowest BCUT2D eigenvalue weighted by atomic mass is 9.78. The quantitative estimate of drug-likeness (QED) is 0.326. The average molecular weight is 435 g/mol. The molecule has 0 atom stereocenters. The Hall–Kier alpha value is -4.66. The normalized spacial score (nSPS) is 13.7. The molecule has 34 heavy (non-hydrogen) atoms. The highest BCUT2D eigenvalue weighted by Crippen LogP contribution is 2.56. The van der Waals surface area contributed by atoms with Crippen molar-refractivity contribution >= 4 is 22.3 Å². The molecule has 1 aliphatic rings. The summed E-state index contributed by atoms with van der Waals surface area (Å²) in [7, 11) is 0. The van der Waals surface area contributed by atoms with E-state index in [1.54, 1.807) is 0 Å². The summed E-state index contributed by atoms with van der Waals surface area (Å²) < 4.78 is 0. The second-order valence-corrected chi connectivity index (χ2v) is 8.25. The van der Waals surface area contributed by atoms with Gasteiger partial charge in [-0.05, 0) is 44.5 Å². The van der Waals surface area contributed by atoms with Crippen LogP contribution in [-0.2, 0) is 0 Å². The number of nitriles is 2. The fraction of sp³-hybridized carbons (Fsp3) is 0.0625. The zero-order valence-corrected chi connectivity index (χ0v) is 18.6.